The lowest BCUT2D eigenvalue weighted by Crippen LogP contribution is -2.24. The SMILES string of the molecule is CC(C)c1ccc(CNc2nc(=NC3CC3)n3nc/c(=C\c4[nH]c(=O)[nH]c4O)c3n2)cc1. The molecule has 0 amide bonds. The van der Waals surface area contributed by atoms with Crippen molar-refractivity contribution in [1.82, 2.24) is 29.5 Å². The standard InChI is InChI=1S/C22H24N8O2/c1-12(2)14-5-3-13(4-6-14)10-23-20-27-18-15(9-17-19(31)28-22(32)26-17)11-24-30(18)21(29-20)25-16-7-8-16/h3-6,9,11-12,16,31H,7-8,10H2,1-2H3,(H,23,25,29)(H2,26,28,32)/b15-9+. The highest BCUT2D eigenvalue weighted by atomic mass is 16.3. The van der Waals surface area contributed by atoms with Crippen molar-refractivity contribution in [3.63, 3.8) is 0 Å². The van der Waals surface area contributed by atoms with Crippen LogP contribution in [0.1, 0.15) is 49.4 Å². The molecule has 4 aromatic rings. The van der Waals surface area contributed by atoms with Crippen molar-refractivity contribution in [2.75, 3.05) is 5.32 Å². The number of rotatable bonds is 6. The second-order valence-corrected chi connectivity index (χ2v) is 8.28. The van der Waals surface area contributed by atoms with Crippen LogP contribution in [0.4, 0.5) is 5.95 Å². The number of nitrogens with zero attached hydrogens (tertiary/aromatic N) is 5. The molecule has 1 aromatic carbocycles. The third-order valence-electron chi connectivity index (χ3n) is 5.36. The number of H-pyrrole nitrogens is 2. The molecule has 1 fully saturated rings. The zero-order chi connectivity index (χ0) is 22.2. The Kier molecular flexibility index (Phi) is 4.96. The number of aromatic hydroxyl groups is 1. The summed E-state index contributed by atoms with van der Waals surface area (Å²) in [7, 11) is 0. The number of imidazole rings is 1. The first-order valence-corrected chi connectivity index (χ1v) is 10.6. The molecule has 1 aliphatic carbocycles. The van der Waals surface area contributed by atoms with Gasteiger partial charge in [-0.3, -0.25) is 4.98 Å². The van der Waals surface area contributed by atoms with Gasteiger partial charge in [-0.25, -0.2) is 9.79 Å². The number of hydrogen-bond acceptors (Lipinski definition) is 7. The van der Waals surface area contributed by atoms with Gasteiger partial charge in [-0.1, -0.05) is 38.1 Å². The van der Waals surface area contributed by atoms with E-state index in [4.69, 9.17) is 0 Å². The summed E-state index contributed by atoms with van der Waals surface area (Å²) in [6, 6.07) is 8.71. The molecule has 0 aliphatic heterocycles. The van der Waals surface area contributed by atoms with Crippen LogP contribution in [0.2, 0.25) is 0 Å². The lowest BCUT2D eigenvalue weighted by atomic mass is 10.0. The number of benzene rings is 1. The van der Waals surface area contributed by atoms with E-state index in [1.54, 1.807) is 16.8 Å². The van der Waals surface area contributed by atoms with E-state index in [0.717, 1.165) is 18.4 Å². The Hall–Kier alpha value is -3.95. The van der Waals surface area contributed by atoms with Gasteiger partial charge in [0.15, 0.2) is 5.65 Å². The predicted octanol–water partition coefficient (Wildman–Crippen LogP) is 1.19. The van der Waals surface area contributed by atoms with Crippen molar-refractivity contribution >= 4 is 17.7 Å². The first-order chi connectivity index (χ1) is 15.5. The van der Waals surface area contributed by atoms with Crippen LogP contribution in [0, 0.1) is 0 Å². The topological polar surface area (TPSA) is 136 Å². The highest BCUT2D eigenvalue weighted by Crippen LogP contribution is 2.22. The Balaban J connectivity index is 1.52. The lowest BCUT2D eigenvalue weighted by molar-refractivity contribution is 0.454. The van der Waals surface area contributed by atoms with Crippen LogP contribution < -0.4 is 21.8 Å². The Morgan fingerprint density at radius 2 is 2.03 bits per heavy atom. The Morgan fingerprint density at radius 1 is 1.25 bits per heavy atom. The molecule has 0 atom stereocenters. The number of hydrogen-bond donors (Lipinski definition) is 4. The van der Waals surface area contributed by atoms with Crippen LogP contribution >= 0.6 is 0 Å². The van der Waals surface area contributed by atoms with Gasteiger partial charge >= 0.3 is 5.69 Å². The minimum atomic E-state index is -0.491. The van der Waals surface area contributed by atoms with Crippen molar-refractivity contribution < 1.29 is 5.11 Å². The van der Waals surface area contributed by atoms with E-state index in [0.29, 0.717) is 34.9 Å². The lowest BCUT2D eigenvalue weighted by Gasteiger charge is -2.08. The molecule has 5 rings (SSSR count). The van der Waals surface area contributed by atoms with Crippen LogP contribution in [-0.4, -0.2) is 40.7 Å². The van der Waals surface area contributed by atoms with Crippen molar-refractivity contribution in [3.05, 3.63) is 68.6 Å². The second-order valence-electron chi connectivity index (χ2n) is 8.28. The van der Waals surface area contributed by atoms with Gasteiger partial charge in [0.1, 0.15) is 5.69 Å². The maximum atomic E-state index is 11.5. The Labute approximate surface area is 182 Å². The molecule has 3 heterocycles. The minimum absolute atomic E-state index is 0.241. The van der Waals surface area contributed by atoms with Crippen molar-refractivity contribution in [2.24, 2.45) is 4.99 Å². The summed E-state index contributed by atoms with van der Waals surface area (Å²) in [6.07, 6.45) is 5.29. The molecule has 3 aromatic heterocycles. The molecule has 1 aliphatic rings. The molecular weight excluding hydrogens is 408 g/mol. The van der Waals surface area contributed by atoms with E-state index in [1.165, 1.54) is 5.56 Å². The summed E-state index contributed by atoms with van der Waals surface area (Å²) in [6.45, 7) is 4.91. The highest BCUT2D eigenvalue weighted by Gasteiger charge is 2.21. The van der Waals surface area contributed by atoms with Crippen molar-refractivity contribution in [3.8, 4) is 5.88 Å². The van der Waals surface area contributed by atoms with E-state index in [2.05, 4.69) is 73.5 Å². The zero-order valence-corrected chi connectivity index (χ0v) is 17.8. The van der Waals surface area contributed by atoms with E-state index < -0.39 is 5.69 Å². The van der Waals surface area contributed by atoms with Crippen molar-refractivity contribution in [2.45, 2.75) is 45.2 Å². The molecule has 4 N–H and O–H groups in total. The summed E-state index contributed by atoms with van der Waals surface area (Å²) < 4.78 is 1.58. The molecule has 32 heavy (non-hydrogen) atoms. The maximum absolute atomic E-state index is 11.5. The average Bonchev–Trinajstić information content (AvgIpc) is 3.41. The second kappa shape index (κ2) is 7.95. The number of nitrogens with one attached hydrogen (secondary N) is 3. The predicted molar refractivity (Wildman–Crippen MR) is 119 cm³/mol. The molecule has 1 saturated carbocycles. The van der Waals surface area contributed by atoms with Crippen LogP contribution in [0.25, 0.3) is 11.7 Å². The number of aromatic nitrogens is 6. The van der Waals surface area contributed by atoms with Crippen molar-refractivity contribution in [1.29, 1.82) is 0 Å². The normalized spacial score (nSPS) is 15.2. The molecular formula is C22H24N8O2. The smallest absolute Gasteiger partial charge is 0.326 e. The van der Waals surface area contributed by atoms with Gasteiger partial charge in [-0.05, 0) is 36.0 Å². The third kappa shape index (κ3) is 4.11. The summed E-state index contributed by atoms with van der Waals surface area (Å²) >= 11 is 0. The Bertz CT molecular complexity index is 1440. The van der Waals surface area contributed by atoms with Gasteiger partial charge in [-0.15, -0.1) is 0 Å². The number of anilines is 1. The van der Waals surface area contributed by atoms with E-state index in [-0.39, 0.29) is 17.6 Å². The minimum Gasteiger partial charge on any atom is -0.493 e. The van der Waals surface area contributed by atoms with E-state index in [1.807, 2.05) is 0 Å². The fourth-order valence-corrected chi connectivity index (χ4v) is 3.36. The number of fused-ring (bicyclic) bond motifs is 1. The molecule has 0 bridgehead atoms. The third-order valence-corrected chi connectivity index (χ3v) is 5.36. The molecule has 0 radical (unpaired) electrons. The van der Waals surface area contributed by atoms with Crippen LogP contribution in [-0.2, 0) is 6.54 Å². The maximum Gasteiger partial charge on any atom is 0.326 e. The Morgan fingerprint density at radius 3 is 2.69 bits per heavy atom. The molecule has 10 heteroatoms. The van der Waals surface area contributed by atoms with Gasteiger partial charge in [0.05, 0.1) is 12.2 Å². The van der Waals surface area contributed by atoms with Gasteiger partial charge in [0.2, 0.25) is 11.8 Å². The first-order valence-electron chi connectivity index (χ1n) is 10.6. The van der Waals surface area contributed by atoms with Gasteiger partial charge in [0.25, 0.3) is 5.62 Å². The van der Waals surface area contributed by atoms with Gasteiger partial charge < -0.3 is 15.4 Å². The zero-order valence-electron chi connectivity index (χ0n) is 17.8. The average molecular weight is 432 g/mol. The molecule has 164 valence electrons. The molecule has 0 spiro atoms. The summed E-state index contributed by atoms with van der Waals surface area (Å²) in [5.74, 6) is 0.682. The van der Waals surface area contributed by atoms with E-state index >= 15 is 0 Å². The van der Waals surface area contributed by atoms with Crippen LogP contribution in [0.15, 0.2) is 40.2 Å². The largest absolute Gasteiger partial charge is 0.493 e. The van der Waals surface area contributed by atoms with Crippen LogP contribution in [0.5, 0.6) is 5.88 Å². The van der Waals surface area contributed by atoms with Gasteiger partial charge in [-0.2, -0.15) is 19.6 Å². The number of aromatic amines is 2. The molecule has 10 nitrogen and oxygen atoms in total. The monoisotopic (exact) mass is 432 g/mol. The fourth-order valence-electron chi connectivity index (χ4n) is 3.36. The van der Waals surface area contributed by atoms with E-state index in [9.17, 15) is 9.90 Å². The van der Waals surface area contributed by atoms with Crippen LogP contribution in [0.3, 0.4) is 0 Å². The summed E-state index contributed by atoms with van der Waals surface area (Å²) in [4.78, 5) is 30.2. The first kappa shape index (κ1) is 20.0. The summed E-state index contributed by atoms with van der Waals surface area (Å²) in [5.41, 5.74) is 3.18. The molecule has 0 unspecified atom stereocenters. The van der Waals surface area contributed by atoms with Gasteiger partial charge in [0, 0.05) is 11.8 Å². The summed E-state index contributed by atoms with van der Waals surface area (Å²) in [5, 5.41) is 18.2. The quantitative estimate of drug-likeness (QED) is 0.361. The fraction of sp³-hybridized carbons (Fsp3) is 0.318. The highest BCUT2D eigenvalue weighted by molar-refractivity contribution is 5.57. The molecule has 0 saturated heterocycles.